The molecule has 0 aromatic carbocycles. The Morgan fingerprint density at radius 1 is 1.44 bits per heavy atom. The lowest BCUT2D eigenvalue weighted by molar-refractivity contribution is 0.0939. The van der Waals surface area contributed by atoms with Crippen LogP contribution < -0.4 is 5.32 Å². The Morgan fingerprint density at radius 3 is 3.00 bits per heavy atom. The van der Waals surface area contributed by atoms with E-state index >= 15 is 0 Å². The summed E-state index contributed by atoms with van der Waals surface area (Å²) in [6.45, 7) is 0. The molecule has 16 heavy (non-hydrogen) atoms. The Morgan fingerprint density at radius 2 is 2.25 bits per heavy atom. The van der Waals surface area contributed by atoms with Crippen LogP contribution in [0.15, 0.2) is 11.7 Å². The molecule has 1 aromatic rings. The van der Waals surface area contributed by atoms with Crippen LogP contribution in [0.25, 0.3) is 0 Å². The maximum atomic E-state index is 11.9. The minimum absolute atomic E-state index is 0.0128. The molecule has 1 aromatic heterocycles. The SMILES string of the molecule is O=C(NC1CCCCCC1Br)c1cncs1. The third-order valence-electron chi connectivity index (χ3n) is 2.90. The molecule has 1 heterocycles. The molecule has 3 nitrogen and oxygen atoms in total. The van der Waals surface area contributed by atoms with Crippen LogP contribution in [-0.2, 0) is 0 Å². The first-order valence-electron chi connectivity index (χ1n) is 5.61. The van der Waals surface area contributed by atoms with Gasteiger partial charge in [0, 0.05) is 10.9 Å². The summed E-state index contributed by atoms with van der Waals surface area (Å²) in [5.41, 5.74) is 1.69. The van der Waals surface area contributed by atoms with E-state index in [0.717, 1.165) is 12.8 Å². The maximum absolute atomic E-state index is 11.9. The molecule has 2 unspecified atom stereocenters. The summed E-state index contributed by atoms with van der Waals surface area (Å²) in [6, 6.07) is 0.261. The number of amides is 1. The third-order valence-corrected chi connectivity index (χ3v) is 4.77. The highest BCUT2D eigenvalue weighted by atomic mass is 79.9. The molecule has 0 bridgehead atoms. The third kappa shape index (κ3) is 3.04. The predicted octanol–water partition coefficient (Wildman–Crippen LogP) is 2.97. The molecule has 1 aliphatic carbocycles. The fourth-order valence-corrected chi connectivity index (χ4v) is 3.24. The van der Waals surface area contributed by atoms with E-state index in [-0.39, 0.29) is 11.9 Å². The number of carbonyl (C=O) groups excluding carboxylic acids is 1. The first kappa shape index (κ1) is 12.0. The van der Waals surface area contributed by atoms with E-state index in [4.69, 9.17) is 0 Å². The molecule has 88 valence electrons. The molecule has 0 spiro atoms. The molecule has 0 aliphatic heterocycles. The summed E-state index contributed by atoms with van der Waals surface area (Å²) in [5, 5.41) is 3.10. The van der Waals surface area contributed by atoms with Crippen molar-refractivity contribution in [3.63, 3.8) is 0 Å². The topological polar surface area (TPSA) is 42.0 Å². The Labute approximate surface area is 108 Å². The van der Waals surface area contributed by atoms with Crippen LogP contribution in [0.3, 0.4) is 0 Å². The van der Waals surface area contributed by atoms with Gasteiger partial charge in [0.25, 0.3) is 5.91 Å². The second-order valence-corrected chi connectivity index (χ2v) is 6.16. The molecule has 2 atom stereocenters. The van der Waals surface area contributed by atoms with E-state index in [1.54, 1.807) is 11.7 Å². The quantitative estimate of drug-likeness (QED) is 0.674. The molecule has 5 heteroatoms. The number of hydrogen-bond donors (Lipinski definition) is 1. The number of rotatable bonds is 2. The predicted molar refractivity (Wildman–Crippen MR) is 69.2 cm³/mol. The van der Waals surface area contributed by atoms with Gasteiger partial charge in [-0.25, -0.2) is 0 Å². The number of thiazole rings is 1. The summed E-state index contributed by atoms with van der Waals surface area (Å²) >= 11 is 5.06. The lowest BCUT2D eigenvalue weighted by atomic mass is 10.1. The van der Waals surface area contributed by atoms with Crippen molar-refractivity contribution in [3.8, 4) is 0 Å². The van der Waals surface area contributed by atoms with Gasteiger partial charge in [0.05, 0.1) is 11.7 Å². The van der Waals surface area contributed by atoms with Crippen LogP contribution in [0.5, 0.6) is 0 Å². The van der Waals surface area contributed by atoms with Crippen LogP contribution in [-0.4, -0.2) is 21.8 Å². The van der Waals surface area contributed by atoms with E-state index in [2.05, 4.69) is 26.2 Å². The van der Waals surface area contributed by atoms with Crippen LogP contribution in [0.4, 0.5) is 0 Å². The zero-order valence-electron chi connectivity index (χ0n) is 8.99. The molecule has 0 saturated heterocycles. The summed E-state index contributed by atoms with van der Waals surface area (Å²) in [5.74, 6) is 0.0128. The first-order chi connectivity index (χ1) is 7.77. The Hall–Kier alpha value is -0.420. The summed E-state index contributed by atoms with van der Waals surface area (Å²) in [7, 11) is 0. The Balaban J connectivity index is 1.95. The molecule has 1 aliphatic rings. The summed E-state index contributed by atoms with van der Waals surface area (Å²) in [6.07, 6.45) is 7.57. The first-order valence-corrected chi connectivity index (χ1v) is 7.40. The molecule has 0 radical (unpaired) electrons. The zero-order valence-corrected chi connectivity index (χ0v) is 11.4. The van der Waals surface area contributed by atoms with Crippen molar-refractivity contribution in [2.45, 2.75) is 43.0 Å². The van der Waals surface area contributed by atoms with Crippen molar-refractivity contribution in [3.05, 3.63) is 16.6 Å². The number of nitrogens with one attached hydrogen (secondary N) is 1. The Bertz CT molecular complexity index is 342. The van der Waals surface area contributed by atoms with E-state index in [0.29, 0.717) is 9.70 Å². The number of aromatic nitrogens is 1. The fraction of sp³-hybridized carbons (Fsp3) is 0.636. The molecule has 1 amide bonds. The van der Waals surface area contributed by atoms with Gasteiger partial charge in [0.2, 0.25) is 0 Å². The number of hydrogen-bond acceptors (Lipinski definition) is 3. The number of carbonyl (C=O) groups is 1. The maximum Gasteiger partial charge on any atom is 0.263 e. The Kier molecular flexibility index (Phi) is 4.35. The summed E-state index contributed by atoms with van der Waals surface area (Å²) in [4.78, 5) is 16.9. The normalized spacial score (nSPS) is 26.1. The molecular weight excluding hydrogens is 288 g/mol. The number of nitrogens with zero attached hydrogens (tertiary/aromatic N) is 1. The van der Waals surface area contributed by atoms with Crippen molar-refractivity contribution in [2.24, 2.45) is 0 Å². The van der Waals surface area contributed by atoms with Gasteiger partial charge in [-0.15, -0.1) is 11.3 Å². The van der Waals surface area contributed by atoms with E-state index < -0.39 is 0 Å². The van der Waals surface area contributed by atoms with Gasteiger partial charge in [0.1, 0.15) is 4.88 Å². The number of alkyl halides is 1. The van der Waals surface area contributed by atoms with Gasteiger partial charge >= 0.3 is 0 Å². The van der Waals surface area contributed by atoms with Crippen molar-refractivity contribution < 1.29 is 4.79 Å². The van der Waals surface area contributed by atoms with Crippen LogP contribution >= 0.6 is 27.3 Å². The zero-order chi connectivity index (χ0) is 11.4. The lowest BCUT2D eigenvalue weighted by Gasteiger charge is -2.20. The highest BCUT2D eigenvalue weighted by Gasteiger charge is 2.23. The second-order valence-electron chi connectivity index (χ2n) is 4.10. The largest absolute Gasteiger partial charge is 0.347 e. The molecule has 2 rings (SSSR count). The van der Waals surface area contributed by atoms with Gasteiger partial charge in [-0.3, -0.25) is 9.78 Å². The van der Waals surface area contributed by atoms with Crippen LogP contribution in [0, 0.1) is 0 Å². The van der Waals surface area contributed by atoms with E-state index in [1.807, 2.05) is 0 Å². The van der Waals surface area contributed by atoms with Crippen LogP contribution in [0.2, 0.25) is 0 Å². The van der Waals surface area contributed by atoms with Gasteiger partial charge < -0.3 is 5.32 Å². The van der Waals surface area contributed by atoms with E-state index in [1.165, 1.54) is 30.6 Å². The van der Waals surface area contributed by atoms with Gasteiger partial charge in [-0.05, 0) is 12.8 Å². The highest BCUT2D eigenvalue weighted by molar-refractivity contribution is 9.09. The van der Waals surface area contributed by atoms with Crippen molar-refractivity contribution in [1.82, 2.24) is 10.3 Å². The molecule has 1 fully saturated rings. The highest BCUT2D eigenvalue weighted by Crippen LogP contribution is 2.24. The van der Waals surface area contributed by atoms with Crippen molar-refractivity contribution in [2.75, 3.05) is 0 Å². The van der Waals surface area contributed by atoms with Crippen molar-refractivity contribution >= 4 is 33.2 Å². The minimum atomic E-state index is 0.0128. The average molecular weight is 303 g/mol. The molecular formula is C11H15BrN2OS. The van der Waals surface area contributed by atoms with Gasteiger partial charge in [-0.2, -0.15) is 0 Å². The van der Waals surface area contributed by atoms with Gasteiger partial charge in [-0.1, -0.05) is 35.2 Å². The molecule has 1 N–H and O–H groups in total. The average Bonchev–Trinajstić information content (AvgIpc) is 2.73. The smallest absolute Gasteiger partial charge is 0.263 e. The standard InChI is InChI=1S/C11H15BrN2OS/c12-8-4-2-1-3-5-9(8)14-11(15)10-6-13-7-16-10/h6-9H,1-5H2,(H,14,15). The summed E-state index contributed by atoms with van der Waals surface area (Å²) < 4.78 is 0. The van der Waals surface area contributed by atoms with E-state index in [9.17, 15) is 4.79 Å². The van der Waals surface area contributed by atoms with Crippen LogP contribution in [0.1, 0.15) is 41.8 Å². The second kappa shape index (κ2) is 5.77. The molecule has 1 saturated carbocycles. The minimum Gasteiger partial charge on any atom is -0.347 e. The number of halogens is 1. The monoisotopic (exact) mass is 302 g/mol. The van der Waals surface area contributed by atoms with Crippen molar-refractivity contribution in [1.29, 1.82) is 0 Å². The fourth-order valence-electron chi connectivity index (χ4n) is 1.99. The lowest BCUT2D eigenvalue weighted by Crippen LogP contribution is -2.40. The van der Waals surface area contributed by atoms with Gasteiger partial charge in [0.15, 0.2) is 0 Å².